The molecule has 0 unspecified atom stereocenters. The summed E-state index contributed by atoms with van der Waals surface area (Å²) in [6.45, 7) is 0. The van der Waals surface area contributed by atoms with E-state index in [0.29, 0.717) is 0 Å². The Kier molecular flexibility index (Phi) is 2.15. The number of aromatic nitrogens is 2. The fraction of sp³-hybridized carbons (Fsp3) is 0.222. The molecule has 3 nitrogen and oxygen atoms in total. The van der Waals surface area contributed by atoms with Gasteiger partial charge in [0.05, 0.1) is 11.0 Å². The number of nitrogens with one attached hydrogen (secondary N) is 1. The Labute approximate surface area is 88.9 Å². The fourth-order valence-corrected chi connectivity index (χ4v) is 1.83. The van der Waals surface area contributed by atoms with E-state index in [2.05, 4.69) is 27.6 Å². The normalized spacial score (nSPS) is 10.9. The maximum absolute atomic E-state index is 11.2. The molecule has 2 aromatic rings. The van der Waals surface area contributed by atoms with Crippen LogP contribution in [-0.4, -0.2) is 9.55 Å². The summed E-state index contributed by atoms with van der Waals surface area (Å²) in [6.07, 6.45) is 0. The Hall–Kier alpha value is -0.780. The smallest absolute Gasteiger partial charge is 0.306 e. The van der Waals surface area contributed by atoms with Crippen molar-refractivity contribution in [2.75, 3.05) is 0 Å². The Morgan fingerprint density at radius 2 is 2.31 bits per heavy atom. The first kappa shape index (κ1) is 8.80. The van der Waals surface area contributed by atoms with Gasteiger partial charge < -0.3 is 4.98 Å². The van der Waals surface area contributed by atoms with Crippen LogP contribution in [-0.2, 0) is 11.5 Å². The van der Waals surface area contributed by atoms with Crippen LogP contribution in [0.3, 0.4) is 0 Å². The van der Waals surface area contributed by atoms with E-state index in [1.807, 2.05) is 18.2 Å². The Balaban J connectivity index is 2.82. The van der Waals surface area contributed by atoms with Crippen LogP contribution < -0.4 is 5.69 Å². The molecule has 0 aliphatic heterocycles. The fourth-order valence-electron chi connectivity index (χ4n) is 1.35. The first-order chi connectivity index (χ1) is 6.22. The van der Waals surface area contributed by atoms with Crippen molar-refractivity contribution in [1.29, 1.82) is 0 Å². The summed E-state index contributed by atoms with van der Waals surface area (Å²) in [4.78, 5) is 14.0. The van der Waals surface area contributed by atoms with Crippen molar-refractivity contribution in [3.8, 4) is 0 Å². The van der Waals surface area contributed by atoms with Crippen LogP contribution in [0, 0.1) is 0 Å². The lowest BCUT2D eigenvalue weighted by Gasteiger charge is -1.96. The van der Waals surface area contributed by atoms with Crippen LogP contribution in [0.4, 0.5) is 0 Å². The molecule has 0 bridgehead atoms. The third-order valence-corrected chi connectivity index (χ3v) is 3.00. The number of alkyl halides is 1. The van der Waals surface area contributed by atoms with Gasteiger partial charge in [0.25, 0.3) is 0 Å². The van der Waals surface area contributed by atoms with Gasteiger partial charge >= 0.3 is 5.69 Å². The van der Waals surface area contributed by atoms with Gasteiger partial charge in [0.15, 0.2) is 0 Å². The minimum atomic E-state index is -0.0550. The van der Waals surface area contributed by atoms with E-state index in [0.717, 1.165) is 15.5 Å². The van der Waals surface area contributed by atoms with Crippen molar-refractivity contribution < 1.29 is 0 Å². The lowest BCUT2D eigenvalue weighted by atomic mass is 10.2. The topological polar surface area (TPSA) is 37.8 Å². The number of aryl methyl sites for hydroxylation is 1. The van der Waals surface area contributed by atoms with Gasteiger partial charge in [0.2, 0.25) is 0 Å². The zero-order valence-corrected chi connectivity index (χ0v) is 9.33. The highest BCUT2D eigenvalue weighted by Crippen LogP contribution is 2.14. The van der Waals surface area contributed by atoms with Crippen LogP contribution >= 0.6 is 22.6 Å². The average molecular weight is 288 g/mol. The molecule has 1 aromatic heterocycles. The third-order valence-electron chi connectivity index (χ3n) is 2.12. The quantitative estimate of drug-likeness (QED) is 0.630. The number of hydrogen-bond acceptors (Lipinski definition) is 1. The van der Waals surface area contributed by atoms with E-state index in [1.165, 1.54) is 5.56 Å². The minimum absolute atomic E-state index is 0.0550. The Bertz CT molecular complexity index is 498. The molecule has 2 rings (SSSR count). The molecule has 0 saturated carbocycles. The van der Waals surface area contributed by atoms with Crippen molar-refractivity contribution in [1.82, 2.24) is 9.55 Å². The second-order valence-electron chi connectivity index (χ2n) is 2.97. The van der Waals surface area contributed by atoms with Crippen molar-refractivity contribution in [2.45, 2.75) is 4.43 Å². The summed E-state index contributed by atoms with van der Waals surface area (Å²) >= 11 is 2.31. The first-order valence-corrected chi connectivity index (χ1v) is 5.48. The highest BCUT2D eigenvalue weighted by molar-refractivity contribution is 14.1. The zero-order valence-electron chi connectivity index (χ0n) is 7.17. The average Bonchev–Trinajstić information content (AvgIpc) is 2.43. The van der Waals surface area contributed by atoms with Gasteiger partial charge in [-0.05, 0) is 17.7 Å². The second-order valence-corrected chi connectivity index (χ2v) is 3.74. The lowest BCUT2D eigenvalue weighted by molar-refractivity contribution is 0.891. The molecule has 0 fully saturated rings. The summed E-state index contributed by atoms with van der Waals surface area (Å²) in [5, 5.41) is 0. The predicted molar refractivity (Wildman–Crippen MR) is 61.3 cm³/mol. The van der Waals surface area contributed by atoms with Crippen LogP contribution in [0.15, 0.2) is 23.0 Å². The van der Waals surface area contributed by atoms with Crippen LogP contribution in [0.1, 0.15) is 5.56 Å². The number of hydrogen-bond donors (Lipinski definition) is 1. The zero-order chi connectivity index (χ0) is 9.42. The molecule has 1 heterocycles. The highest BCUT2D eigenvalue weighted by atomic mass is 127. The summed E-state index contributed by atoms with van der Waals surface area (Å²) in [7, 11) is 1.78. The van der Waals surface area contributed by atoms with Crippen LogP contribution in [0.25, 0.3) is 11.0 Å². The van der Waals surface area contributed by atoms with Gasteiger partial charge in [0.1, 0.15) is 0 Å². The van der Waals surface area contributed by atoms with E-state index in [4.69, 9.17) is 0 Å². The van der Waals surface area contributed by atoms with Crippen LogP contribution in [0.5, 0.6) is 0 Å². The Morgan fingerprint density at radius 1 is 1.54 bits per heavy atom. The molecular formula is C9H9IN2O. The van der Waals surface area contributed by atoms with Crippen molar-refractivity contribution in [3.05, 3.63) is 34.2 Å². The van der Waals surface area contributed by atoms with Gasteiger partial charge in [-0.15, -0.1) is 0 Å². The minimum Gasteiger partial charge on any atom is -0.306 e. The molecule has 1 aromatic carbocycles. The van der Waals surface area contributed by atoms with E-state index in [-0.39, 0.29) is 5.69 Å². The first-order valence-electron chi connectivity index (χ1n) is 3.96. The maximum atomic E-state index is 11.2. The summed E-state index contributed by atoms with van der Waals surface area (Å²) in [5.41, 5.74) is 3.06. The van der Waals surface area contributed by atoms with Gasteiger partial charge in [-0.1, -0.05) is 28.7 Å². The van der Waals surface area contributed by atoms with Crippen LogP contribution in [0.2, 0.25) is 0 Å². The van der Waals surface area contributed by atoms with Gasteiger partial charge in [-0.3, -0.25) is 4.57 Å². The molecule has 0 aliphatic carbocycles. The second kappa shape index (κ2) is 3.17. The van der Waals surface area contributed by atoms with Crippen molar-refractivity contribution >= 4 is 33.6 Å². The molecular weight excluding hydrogens is 279 g/mol. The standard InChI is InChI=1S/C9H9IN2O/c1-12-8-4-6(5-10)2-3-7(8)11-9(12)13/h2-4H,5H2,1H3,(H,11,13). The molecule has 0 radical (unpaired) electrons. The predicted octanol–water partition coefficient (Wildman–Crippen LogP) is 1.80. The summed E-state index contributed by atoms with van der Waals surface area (Å²) < 4.78 is 2.60. The van der Waals surface area contributed by atoms with E-state index in [9.17, 15) is 4.79 Å². The molecule has 68 valence electrons. The molecule has 4 heteroatoms. The number of halogens is 1. The van der Waals surface area contributed by atoms with E-state index in [1.54, 1.807) is 11.6 Å². The SMILES string of the molecule is Cn1c(=O)[nH]c2ccc(CI)cc21. The maximum Gasteiger partial charge on any atom is 0.326 e. The monoisotopic (exact) mass is 288 g/mol. The van der Waals surface area contributed by atoms with Gasteiger partial charge in [-0.25, -0.2) is 4.79 Å². The molecule has 13 heavy (non-hydrogen) atoms. The number of benzene rings is 1. The molecule has 0 atom stereocenters. The summed E-state index contributed by atoms with van der Waals surface area (Å²) in [6, 6.07) is 6.02. The molecule has 1 N–H and O–H groups in total. The molecule has 0 spiro atoms. The van der Waals surface area contributed by atoms with Crippen molar-refractivity contribution in [2.24, 2.45) is 7.05 Å². The number of H-pyrrole nitrogens is 1. The molecule has 0 amide bonds. The number of aromatic amines is 1. The lowest BCUT2D eigenvalue weighted by Crippen LogP contribution is -2.11. The Morgan fingerprint density at radius 3 is 3.00 bits per heavy atom. The van der Waals surface area contributed by atoms with E-state index < -0.39 is 0 Å². The largest absolute Gasteiger partial charge is 0.326 e. The number of fused-ring (bicyclic) bond motifs is 1. The highest BCUT2D eigenvalue weighted by Gasteiger charge is 2.02. The molecule has 0 aliphatic rings. The third kappa shape index (κ3) is 1.39. The number of nitrogens with zero attached hydrogens (tertiary/aromatic N) is 1. The van der Waals surface area contributed by atoms with Crippen molar-refractivity contribution in [3.63, 3.8) is 0 Å². The molecule has 0 saturated heterocycles. The van der Waals surface area contributed by atoms with E-state index >= 15 is 0 Å². The van der Waals surface area contributed by atoms with Gasteiger partial charge in [-0.2, -0.15) is 0 Å². The number of rotatable bonds is 1. The van der Waals surface area contributed by atoms with Gasteiger partial charge in [0, 0.05) is 11.5 Å². The number of imidazole rings is 1. The summed E-state index contributed by atoms with van der Waals surface area (Å²) in [5.74, 6) is 0.